The number of pyridine rings is 1. The Morgan fingerprint density at radius 3 is 2.79 bits per heavy atom. The van der Waals surface area contributed by atoms with Crippen molar-refractivity contribution in [3.63, 3.8) is 0 Å². The molecule has 0 amide bonds. The quantitative estimate of drug-likeness (QED) is 0.493. The van der Waals surface area contributed by atoms with Gasteiger partial charge in [-0.05, 0) is 6.07 Å². The van der Waals surface area contributed by atoms with E-state index < -0.39 is 0 Å². The average molecular weight is 192 g/mol. The zero-order valence-electron chi connectivity index (χ0n) is 8.01. The first-order valence-corrected chi connectivity index (χ1v) is 4.07. The predicted octanol–water partition coefficient (Wildman–Crippen LogP) is 1.01. The van der Waals surface area contributed by atoms with Gasteiger partial charge in [0.25, 0.3) is 5.22 Å². The van der Waals surface area contributed by atoms with Gasteiger partial charge in [0.15, 0.2) is 6.72 Å². The lowest BCUT2D eigenvalue weighted by molar-refractivity contribution is -0.584. The number of rotatable bonds is 1. The molecule has 0 saturated carbocycles. The molecule has 2 rings (SSSR count). The van der Waals surface area contributed by atoms with Crippen molar-refractivity contribution in [3.8, 4) is 0 Å². The van der Waals surface area contributed by atoms with Crippen LogP contribution in [0.5, 0.6) is 0 Å². The molecule has 1 aliphatic rings. The molecule has 0 spiro atoms. The molecule has 6 heteroatoms. The van der Waals surface area contributed by atoms with Crippen LogP contribution in [-0.4, -0.2) is 35.3 Å². The molecule has 0 radical (unpaired) electrons. The molecule has 1 aromatic rings. The minimum absolute atomic E-state index is 0.284. The molecular formula is C8H10N5O+. The molecule has 2 heterocycles. The minimum atomic E-state index is 0.284. The smallest absolute Gasteiger partial charge is 0.422 e. The zero-order chi connectivity index (χ0) is 10.3. The van der Waals surface area contributed by atoms with Crippen molar-refractivity contribution < 1.29 is 9.55 Å². The van der Waals surface area contributed by atoms with Crippen molar-refractivity contribution in [1.82, 2.24) is 4.98 Å². The lowest BCUT2D eigenvalue weighted by Crippen LogP contribution is -2.10. The highest BCUT2D eigenvalue weighted by Crippen LogP contribution is 2.31. The van der Waals surface area contributed by atoms with Crippen LogP contribution in [0, 0.1) is 5.21 Å². The van der Waals surface area contributed by atoms with Crippen molar-refractivity contribution in [2.45, 2.75) is 0 Å². The van der Waals surface area contributed by atoms with Crippen molar-refractivity contribution in [3.05, 3.63) is 17.3 Å². The Balaban J connectivity index is 2.56. The van der Waals surface area contributed by atoms with Crippen LogP contribution >= 0.6 is 0 Å². The monoisotopic (exact) mass is 192 g/mol. The van der Waals surface area contributed by atoms with E-state index in [1.165, 1.54) is 4.68 Å². The van der Waals surface area contributed by atoms with Gasteiger partial charge in [-0.25, -0.2) is 0 Å². The number of aromatic nitrogens is 1. The van der Waals surface area contributed by atoms with Gasteiger partial charge >= 0.3 is 11.5 Å². The van der Waals surface area contributed by atoms with E-state index in [4.69, 9.17) is 0 Å². The maximum absolute atomic E-state index is 11.2. The second-order valence-electron chi connectivity index (χ2n) is 3.17. The van der Waals surface area contributed by atoms with Crippen molar-refractivity contribution in [2.24, 2.45) is 5.22 Å². The number of anilines is 1. The highest BCUT2D eigenvalue weighted by atomic mass is 16.5. The summed E-state index contributed by atoms with van der Waals surface area (Å²) in [5.41, 5.74) is 0.616. The largest absolute Gasteiger partial charge is 0.588 e. The van der Waals surface area contributed by atoms with Crippen LogP contribution in [0.2, 0.25) is 0 Å². The first kappa shape index (κ1) is 8.61. The standard InChI is InChI=1S/C8H10N5O/c1-11(2)7-5-4-6-8(9-7)13(14)10-12(6)3/h4-5H,3H2,1-2H3/q+1. The van der Waals surface area contributed by atoms with Gasteiger partial charge in [0.2, 0.25) is 0 Å². The lowest BCUT2D eigenvalue weighted by atomic mass is 10.3. The number of nitrogens with zero attached hydrogens (tertiary/aromatic N) is 5. The molecule has 0 N–H and O–H groups in total. The summed E-state index contributed by atoms with van der Waals surface area (Å²) in [7, 11) is 3.72. The summed E-state index contributed by atoms with van der Waals surface area (Å²) in [4.78, 5) is 6.44. The van der Waals surface area contributed by atoms with Gasteiger partial charge in [0.1, 0.15) is 5.82 Å². The molecule has 14 heavy (non-hydrogen) atoms. The molecule has 0 saturated heterocycles. The van der Waals surface area contributed by atoms with Crippen LogP contribution in [0.25, 0.3) is 0 Å². The topological polar surface area (TPSA) is 57.6 Å². The van der Waals surface area contributed by atoms with Gasteiger partial charge in [0, 0.05) is 29.7 Å². The third-order valence-corrected chi connectivity index (χ3v) is 1.95. The predicted molar refractivity (Wildman–Crippen MR) is 51.3 cm³/mol. The van der Waals surface area contributed by atoms with E-state index in [9.17, 15) is 5.21 Å². The molecule has 0 bridgehead atoms. The first-order valence-electron chi connectivity index (χ1n) is 4.07. The van der Waals surface area contributed by atoms with Gasteiger partial charge in [-0.1, -0.05) is 0 Å². The van der Waals surface area contributed by atoms with E-state index in [1.807, 2.05) is 25.1 Å². The summed E-state index contributed by atoms with van der Waals surface area (Å²) in [6.45, 7) is 3.58. The molecule has 0 unspecified atom stereocenters. The molecule has 72 valence electrons. The van der Waals surface area contributed by atoms with Crippen LogP contribution in [0.4, 0.5) is 17.3 Å². The van der Waals surface area contributed by atoms with Crippen LogP contribution < -0.4 is 4.90 Å². The fourth-order valence-corrected chi connectivity index (χ4v) is 1.21. The average Bonchev–Trinajstić information content (AvgIpc) is 2.42. The summed E-state index contributed by atoms with van der Waals surface area (Å²) >= 11 is 0. The van der Waals surface area contributed by atoms with Gasteiger partial charge in [0.05, 0.1) is 0 Å². The Morgan fingerprint density at radius 2 is 2.14 bits per heavy atom. The van der Waals surface area contributed by atoms with E-state index in [0.717, 1.165) is 5.82 Å². The fourth-order valence-electron chi connectivity index (χ4n) is 1.21. The number of hydrogen-bond donors (Lipinski definition) is 0. The summed E-state index contributed by atoms with van der Waals surface area (Å²) in [6, 6.07) is 3.58. The first-order chi connectivity index (χ1) is 6.59. The Morgan fingerprint density at radius 1 is 1.43 bits per heavy atom. The third-order valence-electron chi connectivity index (χ3n) is 1.95. The summed E-state index contributed by atoms with van der Waals surface area (Å²) in [5.74, 6) is 1.00. The molecule has 1 aromatic heterocycles. The Labute approximate surface area is 81.0 Å². The summed E-state index contributed by atoms with van der Waals surface area (Å²) in [6.07, 6.45) is 0. The summed E-state index contributed by atoms with van der Waals surface area (Å²) in [5, 5.41) is 14.8. The van der Waals surface area contributed by atoms with Crippen molar-refractivity contribution in [1.29, 1.82) is 0 Å². The normalized spacial score (nSPS) is 13.9. The number of hydrogen-bond acceptors (Lipinski definition) is 4. The second-order valence-corrected chi connectivity index (χ2v) is 3.17. The number of fused-ring (bicyclic) bond motifs is 1. The van der Waals surface area contributed by atoms with E-state index in [1.54, 1.807) is 6.07 Å². The van der Waals surface area contributed by atoms with Crippen molar-refractivity contribution in [2.75, 3.05) is 19.0 Å². The van der Waals surface area contributed by atoms with Gasteiger partial charge in [-0.2, -0.15) is 4.98 Å². The van der Waals surface area contributed by atoms with Crippen LogP contribution in [-0.2, 0) is 0 Å². The molecule has 0 atom stereocenters. The Bertz CT molecular complexity index is 437. The third kappa shape index (κ3) is 1.12. The molecular weight excluding hydrogens is 182 g/mol. The van der Waals surface area contributed by atoms with Crippen LogP contribution in [0.15, 0.2) is 17.4 Å². The van der Waals surface area contributed by atoms with Crippen LogP contribution in [0.1, 0.15) is 0 Å². The Hall–Kier alpha value is -1.98. The van der Waals surface area contributed by atoms with E-state index in [2.05, 4.69) is 16.9 Å². The maximum atomic E-state index is 11.2. The highest BCUT2D eigenvalue weighted by molar-refractivity contribution is 5.55. The highest BCUT2D eigenvalue weighted by Gasteiger charge is 2.34. The maximum Gasteiger partial charge on any atom is 0.422 e. The minimum Gasteiger partial charge on any atom is -0.588 e. The lowest BCUT2D eigenvalue weighted by Gasteiger charge is -2.08. The van der Waals surface area contributed by atoms with E-state index in [-0.39, 0.29) is 5.82 Å². The van der Waals surface area contributed by atoms with Gasteiger partial charge in [-0.3, -0.25) is 0 Å². The van der Waals surface area contributed by atoms with E-state index in [0.29, 0.717) is 10.5 Å². The van der Waals surface area contributed by atoms with Gasteiger partial charge in [-0.15, -0.1) is 0 Å². The van der Waals surface area contributed by atoms with Gasteiger partial charge < -0.3 is 10.1 Å². The molecule has 0 aliphatic carbocycles. The molecule has 1 aliphatic heterocycles. The second kappa shape index (κ2) is 2.76. The molecule has 0 aromatic carbocycles. The SMILES string of the molecule is C=[N+]1N=[N+]([O-])c2nc(N(C)C)ccc21. The Kier molecular flexibility index (Phi) is 1.70. The fraction of sp³-hybridized carbons (Fsp3) is 0.250. The summed E-state index contributed by atoms with van der Waals surface area (Å²) < 4.78 is 1.26. The van der Waals surface area contributed by atoms with E-state index >= 15 is 0 Å². The molecule has 0 fully saturated rings. The molecule has 6 nitrogen and oxygen atoms in total. The zero-order valence-corrected chi connectivity index (χ0v) is 8.01. The van der Waals surface area contributed by atoms with Crippen molar-refractivity contribution >= 4 is 24.0 Å². The van der Waals surface area contributed by atoms with Crippen LogP contribution in [0.3, 0.4) is 0 Å².